The molecule has 1 unspecified atom stereocenters. The van der Waals surface area contributed by atoms with Crippen LogP contribution in [0.3, 0.4) is 0 Å². The van der Waals surface area contributed by atoms with Gasteiger partial charge >= 0.3 is 0 Å². The highest BCUT2D eigenvalue weighted by Crippen LogP contribution is 2.33. The normalized spacial score (nSPS) is 17.4. The smallest absolute Gasteiger partial charge is 0.183 e. The van der Waals surface area contributed by atoms with Crippen LogP contribution in [0.1, 0.15) is 36.7 Å². The molecule has 2 rings (SSSR count). The van der Waals surface area contributed by atoms with E-state index in [1.54, 1.807) is 10.9 Å². The first-order valence-electron chi connectivity index (χ1n) is 5.63. The summed E-state index contributed by atoms with van der Waals surface area (Å²) in [6, 6.07) is 0.0135. The zero-order valence-corrected chi connectivity index (χ0v) is 10.9. The molecule has 88 valence electrons. The van der Waals surface area contributed by atoms with Gasteiger partial charge in [-0.2, -0.15) is 5.10 Å². The second kappa shape index (κ2) is 4.67. The van der Waals surface area contributed by atoms with Crippen molar-refractivity contribution < 1.29 is 4.79 Å². The highest BCUT2D eigenvalue weighted by Gasteiger charge is 2.31. The molecule has 1 heterocycles. The van der Waals surface area contributed by atoms with E-state index < -0.39 is 0 Å². The number of hydrogen-bond acceptors (Lipinski definition) is 3. The van der Waals surface area contributed by atoms with Crippen molar-refractivity contribution >= 4 is 21.7 Å². The number of carbonyl (C=O) groups is 1. The maximum absolute atomic E-state index is 12.1. The van der Waals surface area contributed by atoms with Crippen molar-refractivity contribution in [3.63, 3.8) is 0 Å². The number of Topliss-reactive ketones (excluding diaryl/α,β-unsaturated/α-hetero) is 1. The van der Waals surface area contributed by atoms with Crippen LogP contribution in [-0.2, 0) is 6.54 Å². The van der Waals surface area contributed by atoms with Crippen molar-refractivity contribution in [3.8, 4) is 0 Å². The summed E-state index contributed by atoms with van der Waals surface area (Å²) < 4.78 is 2.48. The Hall–Kier alpha value is -0.680. The molecule has 1 fully saturated rings. The fourth-order valence-corrected chi connectivity index (χ4v) is 2.40. The average Bonchev–Trinajstić information content (AvgIpc) is 3.02. The Labute approximate surface area is 103 Å². The largest absolute Gasteiger partial charge is 0.327 e. The molecule has 2 N–H and O–H groups in total. The van der Waals surface area contributed by atoms with E-state index in [4.69, 9.17) is 5.73 Å². The van der Waals surface area contributed by atoms with Crippen molar-refractivity contribution in [2.75, 3.05) is 0 Å². The van der Waals surface area contributed by atoms with Crippen LogP contribution in [-0.4, -0.2) is 21.6 Å². The van der Waals surface area contributed by atoms with E-state index in [2.05, 4.69) is 21.0 Å². The van der Waals surface area contributed by atoms with E-state index in [1.807, 2.05) is 6.92 Å². The number of ketones is 1. The van der Waals surface area contributed by atoms with Crippen LogP contribution in [0, 0.1) is 5.92 Å². The second-order valence-electron chi connectivity index (χ2n) is 4.29. The number of aromatic nitrogens is 2. The molecule has 1 saturated carbocycles. The third-order valence-corrected chi connectivity index (χ3v) is 3.59. The van der Waals surface area contributed by atoms with Crippen LogP contribution >= 0.6 is 15.9 Å². The number of carbonyl (C=O) groups excluding carboxylic acids is 1. The first kappa shape index (κ1) is 11.8. The van der Waals surface area contributed by atoms with E-state index in [0.717, 1.165) is 4.47 Å². The Morgan fingerprint density at radius 3 is 3.00 bits per heavy atom. The van der Waals surface area contributed by atoms with Gasteiger partial charge in [0.15, 0.2) is 5.78 Å². The topological polar surface area (TPSA) is 60.9 Å². The van der Waals surface area contributed by atoms with Gasteiger partial charge in [-0.05, 0) is 41.6 Å². The predicted octanol–water partition coefficient (Wildman–Crippen LogP) is 1.98. The molecule has 0 radical (unpaired) electrons. The van der Waals surface area contributed by atoms with Gasteiger partial charge in [0.1, 0.15) is 5.69 Å². The number of halogens is 1. The van der Waals surface area contributed by atoms with Gasteiger partial charge in [0.05, 0.1) is 10.7 Å². The molecule has 0 aromatic carbocycles. The minimum atomic E-state index is 0.0135. The summed E-state index contributed by atoms with van der Waals surface area (Å²) in [7, 11) is 0. The lowest BCUT2D eigenvalue weighted by atomic mass is 10.1. The van der Waals surface area contributed by atoms with Crippen molar-refractivity contribution in [3.05, 3.63) is 16.4 Å². The zero-order chi connectivity index (χ0) is 11.7. The average molecular weight is 286 g/mol. The third kappa shape index (κ3) is 2.35. The van der Waals surface area contributed by atoms with Gasteiger partial charge < -0.3 is 5.73 Å². The quantitative estimate of drug-likeness (QED) is 0.842. The van der Waals surface area contributed by atoms with Crippen LogP contribution in [0.5, 0.6) is 0 Å². The number of nitrogens with zero attached hydrogens (tertiary/aromatic N) is 2. The molecule has 5 heteroatoms. The van der Waals surface area contributed by atoms with E-state index in [-0.39, 0.29) is 11.8 Å². The van der Waals surface area contributed by atoms with Crippen LogP contribution < -0.4 is 5.73 Å². The van der Waals surface area contributed by atoms with Crippen molar-refractivity contribution in [1.29, 1.82) is 0 Å². The van der Waals surface area contributed by atoms with Crippen molar-refractivity contribution in [2.24, 2.45) is 11.7 Å². The molecule has 1 aliphatic rings. The minimum absolute atomic E-state index is 0.0135. The highest BCUT2D eigenvalue weighted by atomic mass is 79.9. The summed E-state index contributed by atoms with van der Waals surface area (Å²) in [6.45, 7) is 2.67. The van der Waals surface area contributed by atoms with E-state index in [9.17, 15) is 4.79 Å². The molecule has 0 spiro atoms. The first-order chi connectivity index (χ1) is 7.63. The summed E-state index contributed by atoms with van der Waals surface area (Å²) in [6.07, 6.45) is 4.43. The monoisotopic (exact) mass is 285 g/mol. The van der Waals surface area contributed by atoms with E-state index in [0.29, 0.717) is 24.6 Å². The molecule has 4 nitrogen and oxygen atoms in total. The van der Waals surface area contributed by atoms with E-state index >= 15 is 0 Å². The summed E-state index contributed by atoms with van der Waals surface area (Å²) in [5, 5.41) is 4.13. The van der Waals surface area contributed by atoms with Gasteiger partial charge in [-0.3, -0.25) is 9.48 Å². The Bertz CT molecular complexity index is 398. The predicted molar refractivity (Wildman–Crippen MR) is 65.2 cm³/mol. The third-order valence-electron chi connectivity index (χ3n) is 3.01. The molecule has 16 heavy (non-hydrogen) atoms. The highest BCUT2D eigenvalue weighted by molar-refractivity contribution is 9.10. The standard InChI is InChI=1S/C11H16BrN3O/c1-2-15-11(8(12)6-14-15)10(16)5-9(13)7-3-4-7/h6-7,9H,2-5,13H2,1H3. The number of rotatable bonds is 5. The van der Waals surface area contributed by atoms with Crippen LogP contribution in [0.15, 0.2) is 10.7 Å². The maximum Gasteiger partial charge on any atom is 0.183 e. The first-order valence-corrected chi connectivity index (χ1v) is 6.42. The Morgan fingerprint density at radius 1 is 1.75 bits per heavy atom. The fraction of sp³-hybridized carbons (Fsp3) is 0.636. The van der Waals surface area contributed by atoms with Gasteiger partial charge in [-0.1, -0.05) is 0 Å². The minimum Gasteiger partial charge on any atom is -0.327 e. The molecule has 1 aromatic heterocycles. The maximum atomic E-state index is 12.1. The zero-order valence-electron chi connectivity index (χ0n) is 9.32. The number of hydrogen-bond donors (Lipinski definition) is 1. The van der Waals surface area contributed by atoms with Crippen LogP contribution in [0.2, 0.25) is 0 Å². The molecule has 0 amide bonds. The molecule has 0 aliphatic heterocycles. The summed E-state index contributed by atoms with van der Waals surface area (Å²) >= 11 is 3.36. The van der Waals surface area contributed by atoms with Gasteiger partial charge in [-0.15, -0.1) is 0 Å². The fourth-order valence-electron chi connectivity index (χ4n) is 1.88. The lowest BCUT2D eigenvalue weighted by molar-refractivity contribution is 0.0960. The molecular formula is C11H16BrN3O. The Balaban J connectivity index is 2.09. The van der Waals surface area contributed by atoms with Gasteiger partial charge in [0.25, 0.3) is 0 Å². The summed E-state index contributed by atoms with van der Waals surface area (Å²) in [5.41, 5.74) is 6.61. The SMILES string of the molecule is CCn1ncc(Br)c1C(=O)CC(N)C1CC1. The lowest BCUT2D eigenvalue weighted by Crippen LogP contribution is -2.27. The summed E-state index contributed by atoms with van der Waals surface area (Å²) in [4.78, 5) is 12.1. The lowest BCUT2D eigenvalue weighted by Gasteiger charge is -2.10. The summed E-state index contributed by atoms with van der Waals surface area (Å²) in [5.74, 6) is 0.645. The molecule has 0 saturated heterocycles. The molecule has 1 atom stereocenters. The van der Waals surface area contributed by atoms with Gasteiger partial charge in [-0.25, -0.2) is 0 Å². The van der Waals surface area contributed by atoms with Crippen molar-refractivity contribution in [2.45, 2.75) is 38.8 Å². The number of aryl methyl sites for hydroxylation is 1. The van der Waals surface area contributed by atoms with E-state index in [1.165, 1.54) is 12.8 Å². The van der Waals surface area contributed by atoms with Crippen molar-refractivity contribution in [1.82, 2.24) is 9.78 Å². The Kier molecular flexibility index (Phi) is 3.44. The van der Waals surface area contributed by atoms with Gasteiger partial charge in [0.2, 0.25) is 0 Å². The van der Waals surface area contributed by atoms with Gasteiger partial charge in [0, 0.05) is 19.0 Å². The molecular weight excluding hydrogens is 270 g/mol. The molecule has 1 aliphatic carbocycles. The molecule has 0 bridgehead atoms. The molecule has 1 aromatic rings. The number of nitrogens with two attached hydrogens (primary N) is 1. The van der Waals surface area contributed by atoms with Crippen LogP contribution in [0.25, 0.3) is 0 Å². The Morgan fingerprint density at radius 2 is 2.44 bits per heavy atom. The van der Waals surface area contributed by atoms with Crippen LogP contribution in [0.4, 0.5) is 0 Å². The second-order valence-corrected chi connectivity index (χ2v) is 5.14.